The number of hydrogen-bond donors (Lipinski definition) is 1. The summed E-state index contributed by atoms with van der Waals surface area (Å²) >= 11 is 6.22. The van der Waals surface area contributed by atoms with Crippen LogP contribution < -0.4 is 5.73 Å². The van der Waals surface area contributed by atoms with Gasteiger partial charge in [-0.2, -0.15) is 0 Å². The second kappa shape index (κ2) is 5.30. The van der Waals surface area contributed by atoms with Crippen molar-refractivity contribution >= 4 is 28.3 Å². The minimum Gasteiger partial charge on any atom is -0.384 e. The number of pyridine rings is 1. The molecule has 21 heavy (non-hydrogen) atoms. The van der Waals surface area contributed by atoms with E-state index in [0.29, 0.717) is 16.7 Å². The summed E-state index contributed by atoms with van der Waals surface area (Å²) in [6.07, 6.45) is 1.73. The highest BCUT2D eigenvalue weighted by Gasteiger charge is 2.13. The normalized spacial score (nSPS) is 11.2. The van der Waals surface area contributed by atoms with Crippen molar-refractivity contribution in [1.82, 2.24) is 15.0 Å². The Labute approximate surface area is 128 Å². The molecule has 2 N–H and O–H groups in total. The Morgan fingerprint density at radius 1 is 1.14 bits per heavy atom. The lowest BCUT2D eigenvalue weighted by molar-refractivity contribution is 0.818. The van der Waals surface area contributed by atoms with Crippen LogP contribution >= 0.6 is 11.6 Å². The number of nitrogens with two attached hydrogens (primary N) is 1. The third-order valence-corrected chi connectivity index (χ3v) is 3.64. The van der Waals surface area contributed by atoms with Gasteiger partial charge in [0.15, 0.2) is 5.82 Å². The summed E-state index contributed by atoms with van der Waals surface area (Å²) in [6, 6.07) is 9.32. The monoisotopic (exact) mass is 298 g/mol. The zero-order chi connectivity index (χ0) is 15.0. The first-order valence-corrected chi connectivity index (χ1v) is 7.12. The van der Waals surface area contributed by atoms with Gasteiger partial charge in [0.1, 0.15) is 5.82 Å². The Balaban J connectivity index is 2.28. The quantitative estimate of drug-likeness (QED) is 0.775. The van der Waals surface area contributed by atoms with Gasteiger partial charge < -0.3 is 5.73 Å². The third kappa shape index (κ3) is 2.54. The van der Waals surface area contributed by atoms with Crippen molar-refractivity contribution in [3.8, 4) is 11.4 Å². The number of halogens is 1. The molecule has 0 saturated heterocycles. The van der Waals surface area contributed by atoms with E-state index in [4.69, 9.17) is 17.3 Å². The van der Waals surface area contributed by atoms with Gasteiger partial charge in [-0.25, -0.2) is 9.97 Å². The van der Waals surface area contributed by atoms with Crippen LogP contribution in [0.2, 0.25) is 5.02 Å². The Bertz CT molecular complexity index is 814. The molecule has 0 amide bonds. The van der Waals surface area contributed by atoms with Gasteiger partial charge in [-0.05, 0) is 30.2 Å². The van der Waals surface area contributed by atoms with Crippen molar-refractivity contribution < 1.29 is 0 Å². The number of aromatic nitrogens is 3. The number of nitrogens with zero attached hydrogens (tertiary/aromatic N) is 3. The lowest BCUT2D eigenvalue weighted by Gasteiger charge is -2.10. The molecule has 0 aliphatic rings. The van der Waals surface area contributed by atoms with Crippen molar-refractivity contribution in [3.05, 3.63) is 47.2 Å². The standard InChI is InChI=1S/C16H15ClN4/c1-9(2)13-8-14(18)21-16(20-13)11-5-6-12(17)10-4-3-7-19-15(10)11/h3-9H,1-2H3,(H2,18,20,21). The highest BCUT2D eigenvalue weighted by Crippen LogP contribution is 2.30. The molecule has 0 spiro atoms. The number of rotatable bonds is 2. The molecule has 2 aromatic heterocycles. The zero-order valence-electron chi connectivity index (χ0n) is 11.8. The first-order chi connectivity index (χ1) is 10.1. The third-order valence-electron chi connectivity index (χ3n) is 3.31. The molecular weight excluding hydrogens is 284 g/mol. The molecule has 0 bridgehead atoms. The van der Waals surface area contributed by atoms with E-state index in [1.807, 2.05) is 24.3 Å². The Kier molecular flexibility index (Phi) is 3.47. The molecule has 1 aromatic carbocycles. The highest BCUT2D eigenvalue weighted by molar-refractivity contribution is 6.35. The fourth-order valence-electron chi connectivity index (χ4n) is 2.22. The van der Waals surface area contributed by atoms with E-state index in [1.54, 1.807) is 12.3 Å². The van der Waals surface area contributed by atoms with Crippen LogP contribution in [0.5, 0.6) is 0 Å². The summed E-state index contributed by atoms with van der Waals surface area (Å²) in [5.74, 6) is 1.32. The van der Waals surface area contributed by atoms with Crippen LogP contribution in [0.3, 0.4) is 0 Å². The van der Waals surface area contributed by atoms with Gasteiger partial charge in [0.25, 0.3) is 0 Å². The van der Waals surface area contributed by atoms with E-state index in [1.165, 1.54) is 0 Å². The topological polar surface area (TPSA) is 64.7 Å². The number of hydrogen-bond acceptors (Lipinski definition) is 4. The Hall–Kier alpha value is -2.20. The van der Waals surface area contributed by atoms with Crippen molar-refractivity contribution in [2.75, 3.05) is 5.73 Å². The molecule has 0 atom stereocenters. The van der Waals surface area contributed by atoms with Crippen LogP contribution in [0.15, 0.2) is 36.5 Å². The number of fused-ring (bicyclic) bond motifs is 1. The average Bonchev–Trinajstić information content (AvgIpc) is 2.47. The second-order valence-corrected chi connectivity index (χ2v) is 5.60. The van der Waals surface area contributed by atoms with Crippen molar-refractivity contribution in [3.63, 3.8) is 0 Å². The van der Waals surface area contributed by atoms with Gasteiger partial charge in [0, 0.05) is 28.9 Å². The van der Waals surface area contributed by atoms with Gasteiger partial charge in [0.05, 0.1) is 10.5 Å². The van der Waals surface area contributed by atoms with Crippen LogP contribution in [-0.2, 0) is 0 Å². The molecule has 0 radical (unpaired) electrons. The summed E-state index contributed by atoms with van der Waals surface area (Å²) < 4.78 is 0. The van der Waals surface area contributed by atoms with Crippen LogP contribution in [-0.4, -0.2) is 15.0 Å². The van der Waals surface area contributed by atoms with Gasteiger partial charge in [-0.1, -0.05) is 25.4 Å². The van der Waals surface area contributed by atoms with Crippen molar-refractivity contribution in [2.24, 2.45) is 0 Å². The van der Waals surface area contributed by atoms with Gasteiger partial charge in [-0.3, -0.25) is 4.98 Å². The lowest BCUT2D eigenvalue weighted by Crippen LogP contribution is -2.02. The lowest BCUT2D eigenvalue weighted by atomic mass is 10.1. The first-order valence-electron chi connectivity index (χ1n) is 6.74. The molecule has 5 heteroatoms. The van der Waals surface area contributed by atoms with E-state index in [0.717, 1.165) is 22.2 Å². The highest BCUT2D eigenvalue weighted by atomic mass is 35.5. The fourth-order valence-corrected chi connectivity index (χ4v) is 2.44. The molecule has 2 heterocycles. The van der Waals surface area contributed by atoms with Crippen LogP contribution in [0, 0.1) is 0 Å². The molecule has 3 rings (SSSR count). The molecule has 0 aliphatic heterocycles. The Morgan fingerprint density at radius 3 is 2.71 bits per heavy atom. The summed E-state index contributed by atoms with van der Waals surface area (Å²) in [6.45, 7) is 4.15. The van der Waals surface area contributed by atoms with Gasteiger partial charge in [0.2, 0.25) is 0 Å². The van der Waals surface area contributed by atoms with E-state index in [2.05, 4.69) is 28.8 Å². The van der Waals surface area contributed by atoms with Crippen molar-refractivity contribution in [1.29, 1.82) is 0 Å². The molecular formula is C16H15ClN4. The van der Waals surface area contributed by atoms with Crippen LogP contribution in [0.1, 0.15) is 25.5 Å². The minimum absolute atomic E-state index is 0.278. The van der Waals surface area contributed by atoms with E-state index in [-0.39, 0.29) is 5.92 Å². The number of benzene rings is 1. The molecule has 3 aromatic rings. The SMILES string of the molecule is CC(C)c1cc(N)nc(-c2ccc(Cl)c3cccnc23)n1. The van der Waals surface area contributed by atoms with E-state index in [9.17, 15) is 0 Å². The molecule has 0 fully saturated rings. The predicted molar refractivity (Wildman–Crippen MR) is 86.3 cm³/mol. The molecule has 4 nitrogen and oxygen atoms in total. The van der Waals surface area contributed by atoms with Crippen molar-refractivity contribution in [2.45, 2.75) is 19.8 Å². The molecule has 0 aliphatic carbocycles. The first kappa shape index (κ1) is 13.8. The van der Waals surface area contributed by atoms with Crippen LogP contribution in [0.25, 0.3) is 22.3 Å². The van der Waals surface area contributed by atoms with Crippen LogP contribution in [0.4, 0.5) is 5.82 Å². The van der Waals surface area contributed by atoms with E-state index >= 15 is 0 Å². The molecule has 0 saturated carbocycles. The number of anilines is 1. The summed E-state index contributed by atoms with van der Waals surface area (Å²) in [5, 5.41) is 1.55. The maximum Gasteiger partial charge on any atom is 0.163 e. The zero-order valence-corrected chi connectivity index (χ0v) is 12.6. The summed E-state index contributed by atoms with van der Waals surface area (Å²) in [4.78, 5) is 13.4. The summed E-state index contributed by atoms with van der Waals surface area (Å²) in [5.41, 5.74) is 8.44. The maximum absolute atomic E-state index is 6.22. The smallest absolute Gasteiger partial charge is 0.163 e. The molecule has 106 valence electrons. The van der Waals surface area contributed by atoms with Gasteiger partial charge in [-0.15, -0.1) is 0 Å². The fraction of sp³-hybridized carbons (Fsp3) is 0.188. The second-order valence-electron chi connectivity index (χ2n) is 5.19. The Morgan fingerprint density at radius 2 is 1.95 bits per heavy atom. The minimum atomic E-state index is 0.278. The van der Waals surface area contributed by atoms with Gasteiger partial charge >= 0.3 is 0 Å². The largest absolute Gasteiger partial charge is 0.384 e. The number of nitrogen functional groups attached to an aromatic ring is 1. The summed E-state index contributed by atoms with van der Waals surface area (Å²) in [7, 11) is 0. The maximum atomic E-state index is 6.22. The average molecular weight is 299 g/mol. The molecule has 0 unspecified atom stereocenters. The predicted octanol–water partition coefficient (Wildman–Crippen LogP) is 4.05. The van der Waals surface area contributed by atoms with E-state index < -0.39 is 0 Å².